The molecular weight excluding hydrogens is 198 g/mol. The molecule has 1 rings (SSSR count). The van der Waals surface area contributed by atoms with E-state index in [-0.39, 0.29) is 6.04 Å². The van der Waals surface area contributed by atoms with Gasteiger partial charge in [0.15, 0.2) is 0 Å². The summed E-state index contributed by atoms with van der Waals surface area (Å²) in [4.78, 5) is 4.22. The maximum absolute atomic E-state index is 6.07. The molecule has 0 aliphatic heterocycles. The van der Waals surface area contributed by atoms with Crippen molar-refractivity contribution in [1.82, 2.24) is 9.55 Å². The van der Waals surface area contributed by atoms with Crippen LogP contribution < -0.4 is 5.73 Å². The van der Waals surface area contributed by atoms with Gasteiger partial charge in [0.25, 0.3) is 0 Å². The Hall–Kier alpha value is -0.830. The van der Waals surface area contributed by atoms with E-state index < -0.39 is 0 Å². The number of imidazole rings is 1. The fraction of sp³-hybridized carbons (Fsp3) is 0.769. The molecular formula is C13H25N3. The highest BCUT2D eigenvalue weighted by atomic mass is 15.1. The molecule has 1 unspecified atom stereocenters. The van der Waals surface area contributed by atoms with Crippen LogP contribution in [-0.4, -0.2) is 9.55 Å². The highest BCUT2D eigenvalue weighted by Gasteiger charge is 2.14. The zero-order valence-corrected chi connectivity index (χ0v) is 11.0. The van der Waals surface area contributed by atoms with Gasteiger partial charge in [-0.2, -0.15) is 0 Å². The Morgan fingerprint density at radius 1 is 1.31 bits per heavy atom. The smallest absolute Gasteiger partial charge is 0.0951 e. The molecule has 0 aliphatic carbocycles. The van der Waals surface area contributed by atoms with Crippen LogP contribution in [0.25, 0.3) is 0 Å². The molecule has 3 heteroatoms. The number of nitrogens with two attached hydrogens (primary N) is 1. The second-order valence-corrected chi connectivity index (χ2v) is 5.06. The van der Waals surface area contributed by atoms with Crippen LogP contribution >= 0.6 is 0 Å². The topological polar surface area (TPSA) is 43.8 Å². The van der Waals surface area contributed by atoms with Gasteiger partial charge in [-0.25, -0.2) is 4.98 Å². The highest BCUT2D eigenvalue weighted by Crippen LogP contribution is 2.22. The molecule has 3 nitrogen and oxygen atoms in total. The molecule has 0 spiro atoms. The summed E-state index contributed by atoms with van der Waals surface area (Å²) < 4.78 is 2.23. The predicted octanol–water partition coefficient (Wildman–Crippen LogP) is 3.29. The summed E-state index contributed by atoms with van der Waals surface area (Å²) >= 11 is 0. The van der Waals surface area contributed by atoms with Crippen molar-refractivity contribution >= 4 is 0 Å². The molecule has 0 saturated heterocycles. The molecule has 2 atom stereocenters. The van der Waals surface area contributed by atoms with Gasteiger partial charge in [0.1, 0.15) is 0 Å². The van der Waals surface area contributed by atoms with Gasteiger partial charge in [-0.3, -0.25) is 0 Å². The molecule has 0 bridgehead atoms. The molecule has 0 aromatic carbocycles. The van der Waals surface area contributed by atoms with Gasteiger partial charge < -0.3 is 10.3 Å². The maximum Gasteiger partial charge on any atom is 0.0951 e. The van der Waals surface area contributed by atoms with Crippen molar-refractivity contribution in [3.63, 3.8) is 0 Å². The van der Waals surface area contributed by atoms with Crippen molar-refractivity contribution in [2.75, 3.05) is 0 Å². The fourth-order valence-electron chi connectivity index (χ4n) is 1.89. The van der Waals surface area contributed by atoms with E-state index in [4.69, 9.17) is 5.73 Å². The summed E-state index contributed by atoms with van der Waals surface area (Å²) in [6.07, 6.45) is 7.22. The lowest BCUT2D eigenvalue weighted by Gasteiger charge is -2.20. The summed E-state index contributed by atoms with van der Waals surface area (Å²) in [5, 5.41) is 0. The zero-order chi connectivity index (χ0) is 12.1. The van der Waals surface area contributed by atoms with Crippen LogP contribution in [0.3, 0.4) is 0 Å². The van der Waals surface area contributed by atoms with Crippen molar-refractivity contribution < 1.29 is 0 Å². The number of hydrogen-bond acceptors (Lipinski definition) is 2. The van der Waals surface area contributed by atoms with Gasteiger partial charge in [0.05, 0.1) is 12.0 Å². The molecule has 16 heavy (non-hydrogen) atoms. The van der Waals surface area contributed by atoms with Crippen molar-refractivity contribution in [2.45, 2.75) is 59.0 Å². The summed E-state index contributed by atoms with van der Waals surface area (Å²) in [5.41, 5.74) is 7.24. The van der Waals surface area contributed by atoms with Crippen LogP contribution in [0.15, 0.2) is 12.5 Å². The van der Waals surface area contributed by atoms with Gasteiger partial charge in [-0.05, 0) is 32.1 Å². The van der Waals surface area contributed by atoms with Crippen LogP contribution in [0.1, 0.15) is 64.7 Å². The van der Waals surface area contributed by atoms with Crippen molar-refractivity contribution in [3.8, 4) is 0 Å². The first-order valence-electron chi connectivity index (χ1n) is 6.33. The van der Waals surface area contributed by atoms with Crippen molar-refractivity contribution in [1.29, 1.82) is 0 Å². The van der Waals surface area contributed by atoms with Crippen molar-refractivity contribution in [2.24, 2.45) is 11.7 Å². The van der Waals surface area contributed by atoms with Gasteiger partial charge in [0.2, 0.25) is 0 Å². The lowest BCUT2D eigenvalue weighted by molar-refractivity contribution is 0.422. The number of aromatic nitrogens is 2. The van der Waals surface area contributed by atoms with E-state index in [9.17, 15) is 0 Å². The SMILES string of the molecule is CC[C@@H](N)c1cncn1C(C)CCC(C)C. The Labute approximate surface area is 99.1 Å². The quantitative estimate of drug-likeness (QED) is 0.804. The number of hydrogen-bond donors (Lipinski definition) is 1. The minimum Gasteiger partial charge on any atom is -0.330 e. The predicted molar refractivity (Wildman–Crippen MR) is 68.2 cm³/mol. The molecule has 92 valence electrons. The molecule has 0 radical (unpaired) electrons. The molecule has 1 aromatic rings. The lowest BCUT2D eigenvalue weighted by Crippen LogP contribution is -2.17. The third-order valence-corrected chi connectivity index (χ3v) is 3.15. The van der Waals surface area contributed by atoms with E-state index in [0.29, 0.717) is 6.04 Å². The summed E-state index contributed by atoms with van der Waals surface area (Å²) in [7, 11) is 0. The molecule has 0 saturated carbocycles. The average Bonchev–Trinajstić information content (AvgIpc) is 2.73. The van der Waals surface area contributed by atoms with Crippen LogP contribution in [0.5, 0.6) is 0 Å². The van der Waals surface area contributed by atoms with E-state index in [1.807, 2.05) is 12.5 Å². The van der Waals surface area contributed by atoms with Crippen molar-refractivity contribution in [3.05, 3.63) is 18.2 Å². The second kappa shape index (κ2) is 6.04. The van der Waals surface area contributed by atoms with Gasteiger partial charge in [0, 0.05) is 18.3 Å². The minimum absolute atomic E-state index is 0.115. The number of rotatable bonds is 6. The lowest BCUT2D eigenvalue weighted by atomic mass is 10.0. The van der Waals surface area contributed by atoms with Gasteiger partial charge >= 0.3 is 0 Å². The van der Waals surface area contributed by atoms with Gasteiger partial charge in [-0.1, -0.05) is 20.8 Å². The molecule has 0 amide bonds. The third-order valence-electron chi connectivity index (χ3n) is 3.15. The Balaban J connectivity index is 2.67. The highest BCUT2D eigenvalue weighted by molar-refractivity contribution is 5.05. The summed E-state index contributed by atoms with van der Waals surface area (Å²) in [5.74, 6) is 0.759. The molecule has 1 aromatic heterocycles. The first-order valence-corrected chi connectivity index (χ1v) is 6.33. The molecule has 0 aliphatic rings. The van der Waals surface area contributed by atoms with E-state index in [1.165, 1.54) is 18.5 Å². The minimum atomic E-state index is 0.115. The molecule has 2 N–H and O–H groups in total. The maximum atomic E-state index is 6.07. The number of nitrogens with zero attached hydrogens (tertiary/aromatic N) is 2. The van der Waals surface area contributed by atoms with Crippen LogP contribution in [-0.2, 0) is 0 Å². The van der Waals surface area contributed by atoms with E-state index in [1.54, 1.807) is 0 Å². The Kier molecular flexibility index (Phi) is 5.00. The second-order valence-electron chi connectivity index (χ2n) is 5.06. The first kappa shape index (κ1) is 13.2. The zero-order valence-electron chi connectivity index (χ0n) is 11.0. The van der Waals surface area contributed by atoms with Crippen LogP contribution in [0.4, 0.5) is 0 Å². The molecule has 0 fully saturated rings. The largest absolute Gasteiger partial charge is 0.330 e. The molecule has 1 heterocycles. The fourth-order valence-corrected chi connectivity index (χ4v) is 1.89. The Morgan fingerprint density at radius 2 is 2.00 bits per heavy atom. The van der Waals surface area contributed by atoms with E-state index in [2.05, 4.69) is 37.2 Å². The Morgan fingerprint density at radius 3 is 2.56 bits per heavy atom. The summed E-state index contributed by atoms with van der Waals surface area (Å²) in [6, 6.07) is 0.612. The van der Waals surface area contributed by atoms with Crippen LogP contribution in [0.2, 0.25) is 0 Å². The standard InChI is InChI=1S/C13H25N3/c1-5-12(14)13-8-15-9-16(13)11(4)7-6-10(2)3/h8-12H,5-7,14H2,1-4H3/t11?,12-/m1/s1. The average molecular weight is 223 g/mol. The Bertz CT molecular complexity index is 304. The van der Waals surface area contributed by atoms with Crippen LogP contribution in [0, 0.1) is 5.92 Å². The van der Waals surface area contributed by atoms with E-state index in [0.717, 1.165) is 12.3 Å². The third kappa shape index (κ3) is 3.34. The monoisotopic (exact) mass is 223 g/mol. The van der Waals surface area contributed by atoms with Gasteiger partial charge in [-0.15, -0.1) is 0 Å². The van der Waals surface area contributed by atoms with E-state index >= 15 is 0 Å². The first-order chi connectivity index (χ1) is 7.56. The summed E-state index contributed by atoms with van der Waals surface area (Å²) in [6.45, 7) is 8.88. The normalized spacial score (nSPS) is 15.4.